The van der Waals surface area contributed by atoms with Gasteiger partial charge in [-0.1, -0.05) is 0 Å². The lowest BCUT2D eigenvalue weighted by atomic mass is 10.0. The van der Waals surface area contributed by atoms with Gasteiger partial charge in [0.15, 0.2) is 0 Å². The van der Waals surface area contributed by atoms with E-state index in [2.05, 4.69) is 16.8 Å². The van der Waals surface area contributed by atoms with Crippen LogP contribution >= 0.6 is 0 Å². The lowest BCUT2D eigenvalue weighted by Crippen LogP contribution is -2.42. The number of likely N-dealkylation sites (tertiary alicyclic amines) is 1. The molecule has 0 unspecified atom stereocenters. The molecular weight excluding hydrogens is 276 g/mol. The summed E-state index contributed by atoms with van der Waals surface area (Å²) in [5, 5.41) is 5.18. The first kappa shape index (κ1) is 15.1. The van der Waals surface area contributed by atoms with Crippen LogP contribution in [-0.2, 0) is 10.0 Å². The Hall–Kier alpha value is -1.31. The van der Waals surface area contributed by atoms with Crippen molar-refractivity contribution in [1.82, 2.24) is 4.90 Å². The quantitative estimate of drug-likeness (QED) is 0.790. The number of rotatable bonds is 3. The number of nitrogen functional groups attached to an aromatic ring is 1. The van der Waals surface area contributed by atoms with Crippen LogP contribution in [0.2, 0.25) is 0 Å². The first-order valence-corrected chi connectivity index (χ1v) is 8.17. The maximum absolute atomic E-state index is 11.5. The van der Waals surface area contributed by atoms with E-state index in [0.717, 1.165) is 31.6 Å². The zero-order valence-electron chi connectivity index (χ0n) is 11.9. The van der Waals surface area contributed by atoms with Crippen LogP contribution in [0, 0.1) is 0 Å². The number of anilines is 2. The summed E-state index contributed by atoms with van der Waals surface area (Å²) in [6, 6.07) is 4.96. The lowest BCUT2D eigenvalue weighted by Gasteiger charge is -2.37. The van der Waals surface area contributed by atoms with Gasteiger partial charge in [0.25, 0.3) is 0 Å². The normalized spacial score (nSPS) is 18.1. The molecule has 1 aliphatic rings. The number of nitrogens with zero attached hydrogens (tertiary/aromatic N) is 2. The zero-order chi connectivity index (χ0) is 14.9. The summed E-state index contributed by atoms with van der Waals surface area (Å²) in [6.45, 7) is 2.06. The molecule has 0 amide bonds. The minimum absolute atomic E-state index is 0.0986. The van der Waals surface area contributed by atoms with Crippen LogP contribution in [0.25, 0.3) is 0 Å². The van der Waals surface area contributed by atoms with Crippen LogP contribution in [0.3, 0.4) is 0 Å². The van der Waals surface area contributed by atoms with Crippen molar-refractivity contribution in [1.29, 1.82) is 0 Å². The fraction of sp³-hybridized carbons (Fsp3) is 0.538. The van der Waals surface area contributed by atoms with Crippen LogP contribution in [0.1, 0.15) is 12.8 Å². The van der Waals surface area contributed by atoms with E-state index in [1.807, 2.05) is 7.05 Å². The molecule has 1 saturated heterocycles. The first-order valence-electron chi connectivity index (χ1n) is 6.63. The van der Waals surface area contributed by atoms with Gasteiger partial charge in [0.1, 0.15) is 0 Å². The lowest BCUT2D eigenvalue weighted by molar-refractivity contribution is 0.253. The van der Waals surface area contributed by atoms with Gasteiger partial charge in [0, 0.05) is 13.1 Å². The molecule has 0 radical (unpaired) electrons. The van der Waals surface area contributed by atoms with Crippen LogP contribution in [0.4, 0.5) is 11.4 Å². The summed E-state index contributed by atoms with van der Waals surface area (Å²) in [5.41, 5.74) is 7.28. The molecule has 0 atom stereocenters. The Morgan fingerprint density at radius 1 is 1.30 bits per heavy atom. The van der Waals surface area contributed by atoms with E-state index in [-0.39, 0.29) is 4.90 Å². The van der Waals surface area contributed by atoms with E-state index in [0.29, 0.717) is 11.7 Å². The Labute approximate surface area is 120 Å². The van der Waals surface area contributed by atoms with Gasteiger partial charge >= 0.3 is 0 Å². The third kappa shape index (κ3) is 3.23. The Bertz CT molecular complexity index is 580. The van der Waals surface area contributed by atoms with Gasteiger partial charge in [0.05, 0.1) is 16.3 Å². The highest BCUT2D eigenvalue weighted by molar-refractivity contribution is 7.89. The zero-order valence-corrected chi connectivity index (χ0v) is 12.7. The highest BCUT2D eigenvalue weighted by Gasteiger charge is 2.23. The summed E-state index contributed by atoms with van der Waals surface area (Å²) in [6.07, 6.45) is 2.07. The molecule has 1 fully saturated rings. The van der Waals surface area contributed by atoms with E-state index >= 15 is 0 Å². The van der Waals surface area contributed by atoms with Crippen molar-refractivity contribution < 1.29 is 8.42 Å². The Balaban J connectivity index is 2.27. The SMILES string of the molecule is CN1CCC(N(C)c2cc(S(N)(=O)=O)ccc2N)CC1. The highest BCUT2D eigenvalue weighted by atomic mass is 32.2. The molecule has 20 heavy (non-hydrogen) atoms. The number of nitrogens with two attached hydrogens (primary N) is 2. The molecule has 1 aromatic carbocycles. The first-order chi connectivity index (χ1) is 9.29. The molecular formula is C13H22N4O2S. The molecule has 1 heterocycles. The van der Waals surface area contributed by atoms with Crippen molar-refractivity contribution in [3.05, 3.63) is 18.2 Å². The van der Waals surface area contributed by atoms with Gasteiger partial charge in [-0.25, -0.2) is 13.6 Å². The van der Waals surface area contributed by atoms with Crippen molar-refractivity contribution in [2.45, 2.75) is 23.8 Å². The minimum atomic E-state index is -3.71. The predicted octanol–water partition coefficient (Wildman–Crippen LogP) is 0.447. The molecule has 0 spiro atoms. The molecule has 0 bridgehead atoms. The van der Waals surface area contributed by atoms with Gasteiger partial charge in [-0.2, -0.15) is 0 Å². The molecule has 1 aromatic rings. The Morgan fingerprint density at radius 3 is 2.45 bits per heavy atom. The Kier molecular flexibility index (Phi) is 4.22. The van der Waals surface area contributed by atoms with Gasteiger partial charge in [0.2, 0.25) is 10.0 Å². The molecule has 0 saturated carbocycles. The molecule has 0 aromatic heterocycles. The van der Waals surface area contributed by atoms with E-state index < -0.39 is 10.0 Å². The molecule has 112 valence electrons. The monoisotopic (exact) mass is 298 g/mol. The van der Waals surface area contributed by atoms with Crippen molar-refractivity contribution >= 4 is 21.4 Å². The number of benzene rings is 1. The standard InChI is InChI=1S/C13H22N4O2S/c1-16-7-5-10(6-8-16)17(2)13-9-11(20(15,18)19)3-4-12(13)14/h3-4,9-10H,5-8,14H2,1-2H3,(H2,15,18,19). The van der Waals surface area contributed by atoms with Crippen molar-refractivity contribution in [2.75, 3.05) is 37.8 Å². The fourth-order valence-corrected chi connectivity index (χ4v) is 3.12. The Morgan fingerprint density at radius 2 is 1.90 bits per heavy atom. The van der Waals surface area contributed by atoms with E-state index in [4.69, 9.17) is 10.9 Å². The van der Waals surface area contributed by atoms with Crippen molar-refractivity contribution in [3.8, 4) is 0 Å². The minimum Gasteiger partial charge on any atom is -0.397 e. The number of hydrogen-bond donors (Lipinski definition) is 2. The molecule has 7 heteroatoms. The third-order valence-electron chi connectivity index (χ3n) is 3.95. The maximum Gasteiger partial charge on any atom is 0.238 e. The molecule has 6 nitrogen and oxygen atoms in total. The summed E-state index contributed by atoms with van der Waals surface area (Å²) in [7, 11) is 0.351. The average Bonchev–Trinajstić information content (AvgIpc) is 2.38. The average molecular weight is 298 g/mol. The van der Waals surface area contributed by atoms with Crippen LogP contribution in [0.5, 0.6) is 0 Å². The molecule has 0 aliphatic carbocycles. The number of hydrogen-bond acceptors (Lipinski definition) is 5. The summed E-state index contributed by atoms with van der Waals surface area (Å²) in [4.78, 5) is 4.45. The summed E-state index contributed by atoms with van der Waals surface area (Å²) in [5.74, 6) is 0. The van der Waals surface area contributed by atoms with Gasteiger partial charge in [-0.05, 0) is 51.2 Å². The smallest absolute Gasteiger partial charge is 0.238 e. The van der Waals surface area contributed by atoms with Crippen molar-refractivity contribution in [3.63, 3.8) is 0 Å². The van der Waals surface area contributed by atoms with Crippen LogP contribution in [-0.4, -0.2) is 46.5 Å². The van der Waals surface area contributed by atoms with Gasteiger partial charge < -0.3 is 15.5 Å². The van der Waals surface area contributed by atoms with E-state index in [1.165, 1.54) is 6.07 Å². The third-order valence-corrected chi connectivity index (χ3v) is 4.86. The summed E-state index contributed by atoms with van der Waals surface area (Å²) < 4.78 is 22.9. The molecule has 2 rings (SSSR count). The van der Waals surface area contributed by atoms with E-state index in [1.54, 1.807) is 12.1 Å². The van der Waals surface area contributed by atoms with Crippen LogP contribution < -0.4 is 15.8 Å². The maximum atomic E-state index is 11.5. The molecule has 1 aliphatic heterocycles. The number of sulfonamides is 1. The predicted molar refractivity (Wildman–Crippen MR) is 81.1 cm³/mol. The second kappa shape index (κ2) is 5.59. The summed E-state index contributed by atoms with van der Waals surface area (Å²) >= 11 is 0. The second-order valence-electron chi connectivity index (χ2n) is 5.41. The molecule has 4 N–H and O–H groups in total. The van der Waals surface area contributed by atoms with Crippen molar-refractivity contribution in [2.24, 2.45) is 5.14 Å². The number of primary sulfonamides is 1. The number of piperidine rings is 1. The fourth-order valence-electron chi connectivity index (χ4n) is 2.58. The largest absolute Gasteiger partial charge is 0.397 e. The topological polar surface area (TPSA) is 92.7 Å². The van der Waals surface area contributed by atoms with Gasteiger partial charge in [-0.15, -0.1) is 0 Å². The highest BCUT2D eigenvalue weighted by Crippen LogP contribution is 2.29. The van der Waals surface area contributed by atoms with Gasteiger partial charge in [-0.3, -0.25) is 0 Å². The second-order valence-corrected chi connectivity index (χ2v) is 6.97. The van der Waals surface area contributed by atoms with E-state index in [9.17, 15) is 8.42 Å². The van der Waals surface area contributed by atoms with Crippen LogP contribution in [0.15, 0.2) is 23.1 Å².